The third-order valence-corrected chi connectivity index (χ3v) is 3.64. The minimum atomic E-state index is -0.415. The van der Waals surface area contributed by atoms with Crippen molar-refractivity contribution in [1.29, 1.82) is 0 Å². The number of hydrogen-bond acceptors (Lipinski definition) is 5. The molecule has 0 spiro atoms. The van der Waals surface area contributed by atoms with Gasteiger partial charge in [0.1, 0.15) is 6.61 Å². The lowest BCUT2D eigenvalue weighted by atomic mass is 10.1. The lowest BCUT2D eigenvalue weighted by Gasteiger charge is -2.07. The van der Waals surface area contributed by atoms with Crippen LogP contribution >= 0.6 is 0 Å². The van der Waals surface area contributed by atoms with Gasteiger partial charge in [-0.2, -0.15) is 0 Å². The molecule has 0 radical (unpaired) electrons. The summed E-state index contributed by atoms with van der Waals surface area (Å²) >= 11 is 0. The fourth-order valence-corrected chi connectivity index (χ4v) is 2.38. The average molecular weight is 335 g/mol. The summed E-state index contributed by atoms with van der Waals surface area (Å²) in [5, 5.41) is 0.755. The quantitative estimate of drug-likeness (QED) is 0.664. The fourth-order valence-electron chi connectivity index (χ4n) is 2.38. The number of nitrogens with zero attached hydrogens (tertiary/aromatic N) is 1. The van der Waals surface area contributed by atoms with Gasteiger partial charge in [-0.1, -0.05) is 36.4 Å². The zero-order chi connectivity index (χ0) is 17.6. The van der Waals surface area contributed by atoms with Crippen molar-refractivity contribution < 1.29 is 19.1 Å². The van der Waals surface area contributed by atoms with E-state index >= 15 is 0 Å². The van der Waals surface area contributed by atoms with Crippen LogP contribution in [0.1, 0.15) is 33.2 Å². The van der Waals surface area contributed by atoms with E-state index < -0.39 is 11.9 Å². The van der Waals surface area contributed by atoms with Crippen molar-refractivity contribution in [2.24, 2.45) is 0 Å². The van der Waals surface area contributed by atoms with Crippen LogP contribution in [0.15, 0.2) is 60.8 Å². The summed E-state index contributed by atoms with van der Waals surface area (Å²) in [5.41, 5.74) is 2.34. The van der Waals surface area contributed by atoms with Crippen LogP contribution < -0.4 is 0 Å². The Labute approximate surface area is 145 Å². The second-order valence-corrected chi connectivity index (χ2v) is 5.41. The maximum Gasteiger partial charge on any atom is 0.339 e. The van der Waals surface area contributed by atoms with Crippen LogP contribution in [0, 0.1) is 0 Å². The van der Waals surface area contributed by atoms with E-state index in [1.54, 1.807) is 31.2 Å². The monoisotopic (exact) mass is 335 g/mol. The van der Waals surface area contributed by atoms with Gasteiger partial charge in [-0.3, -0.25) is 4.98 Å². The van der Waals surface area contributed by atoms with Crippen LogP contribution in [0.5, 0.6) is 0 Å². The normalized spacial score (nSPS) is 10.4. The standard InChI is InChI=1S/C20H17NO4/c1-2-24-20(23)17-10-15-8-9-16(11-18(15)21-12-17)19(22)25-13-14-6-4-3-5-7-14/h3-12H,2,13H2,1H3. The van der Waals surface area contributed by atoms with Crippen molar-refractivity contribution in [3.05, 3.63) is 77.5 Å². The molecule has 5 nitrogen and oxygen atoms in total. The molecule has 5 heteroatoms. The maximum absolute atomic E-state index is 12.2. The van der Waals surface area contributed by atoms with Crippen LogP contribution in [-0.4, -0.2) is 23.5 Å². The minimum Gasteiger partial charge on any atom is -0.462 e. The van der Waals surface area contributed by atoms with Crippen molar-refractivity contribution in [3.63, 3.8) is 0 Å². The lowest BCUT2D eigenvalue weighted by Crippen LogP contribution is -2.06. The molecule has 0 N–H and O–H groups in total. The number of benzene rings is 2. The smallest absolute Gasteiger partial charge is 0.339 e. The predicted octanol–water partition coefficient (Wildman–Crippen LogP) is 3.77. The van der Waals surface area contributed by atoms with Crippen LogP contribution in [0.25, 0.3) is 10.9 Å². The van der Waals surface area contributed by atoms with E-state index in [0.717, 1.165) is 10.9 Å². The van der Waals surface area contributed by atoms with Crippen molar-refractivity contribution in [2.75, 3.05) is 6.61 Å². The Morgan fingerprint density at radius 1 is 0.920 bits per heavy atom. The van der Waals surface area contributed by atoms with Gasteiger partial charge in [-0.25, -0.2) is 9.59 Å². The Morgan fingerprint density at radius 2 is 1.68 bits per heavy atom. The summed E-state index contributed by atoms with van der Waals surface area (Å²) in [7, 11) is 0. The highest BCUT2D eigenvalue weighted by atomic mass is 16.5. The molecule has 25 heavy (non-hydrogen) atoms. The van der Waals surface area contributed by atoms with Crippen molar-refractivity contribution in [2.45, 2.75) is 13.5 Å². The largest absolute Gasteiger partial charge is 0.462 e. The Morgan fingerprint density at radius 3 is 2.44 bits per heavy atom. The number of pyridine rings is 1. The second kappa shape index (κ2) is 7.57. The lowest BCUT2D eigenvalue weighted by molar-refractivity contribution is 0.0471. The Bertz CT molecular complexity index is 906. The number of rotatable bonds is 5. The van der Waals surface area contributed by atoms with Gasteiger partial charge in [0.15, 0.2) is 0 Å². The van der Waals surface area contributed by atoms with Crippen LogP contribution in [0.2, 0.25) is 0 Å². The molecule has 1 aromatic heterocycles. The van der Waals surface area contributed by atoms with Gasteiger partial charge in [0.05, 0.1) is 23.3 Å². The Kier molecular flexibility index (Phi) is 5.04. The van der Waals surface area contributed by atoms with E-state index in [1.807, 2.05) is 30.3 Å². The highest BCUT2D eigenvalue weighted by Crippen LogP contribution is 2.17. The number of ether oxygens (including phenoxy) is 2. The van der Waals surface area contributed by atoms with Gasteiger partial charge >= 0.3 is 11.9 Å². The van der Waals surface area contributed by atoms with E-state index in [2.05, 4.69) is 4.98 Å². The molecule has 1 heterocycles. The molecular weight excluding hydrogens is 318 g/mol. The van der Waals surface area contributed by atoms with Crippen molar-refractivity contribution in [3.8, 4) is 0 Å². The van der Waals surface area contributed by atoms with E-state index in [9.17, 15) is 9.59 Å². The molecule has 3 rings (SSSR count). The molecule has 0 aliphatic rings. The molecule has 3 aromatic rings. The van der Waals surface area contributed by atoms with E-state index in [-0.39, 0.29) is 6.61 Å². The number of carbonyl (C=O) groups is 2. The van der Waals surface area contributed by atoms with Gasteiger partial charge in [-0.05, 0) is 30.7 Å². The summed E-state index contributed by atoms with van der Waals surface area (Å²) in [4.78, 5) is 28.2. The molecule has 0 atom stereocenters. The van der Waals surface area contributed by atoms with Gasteiger partial charge in [0.2, 0.25) is 0 Å². The molecular formula is C20H17NO4. The van der Waals surface area contributed by atoms with E-state index in [0.29, 0.717) is 23.3 Å². The number of esters is 2. The van der Waals surface area contributed by atoms with Gasteiger partial charge in [0, 0.05) is 11.6 Å². The molecule has 0 amide bonds. The molecule has 0 bridgehead atoms. The molecule has 0 aliphatic heterocycles. The number of fused-ring (bicyclic) bond motifs is 1. The van der Waals surface area contributed by atoms with E-state index in [1.165, 1.54) is 6.20 Å². The summed E-state index contributed by atoms with van der Waals surface area (Å²) < 4.78 is 10.3. The first kappa shape index (κ1) is 16.6. The third kappa shape index (κ3) is 4.01. The molecule has 0 unspecified atom stereocenters. The predicted molar refractivity (Wildman–Crippen MR) is 93.3 cm³/mol. The first-order valence-corrected chi connectivity index (χ1v) is 7.95. The molecule has 0 saturated heterocycles. The molecule has 0 saturated carbocycles. The first-order chi connectivity index (χ1) is 12.2. The second-order valence-electron chi connectivity index (χ2n) is 5.41. The number of carbonyl (C=O) groups excluding carboxylic acids is 2. The summed E-state index contributed by atoms with van der Waals surface area (Å²) in [6, 6.07) is 16.2. The zero-order valence-corrected chi connectivity index (χ0v) is 13.8. The molecule has 0 fully saturated rings. The van der Waals surface area contributed by atoms with E-state index in [4.69, 9.17) is 9.47 Å². The molecule has 0 aliphatic carbocycles. The van der Waals surface area contributed by atoms with Gasteiger partial charge in [-0.15, -0.1) is 0 Å². The van der Waals surface area contributed by atoms with Gasteiger partial charge in [0.25, 0.3) is 0 Å². The fraction of sp³-hybridized carbons (Fsp3) is 0.150. The highest BCUT2D eigenvalue weighted by molar-refractivity contribution is 5.97. The Hall–Kier alpha value is -3.21. The summed E-state index contributed by atoms with van der Waals surface area (Å²) in [5.74, 6) is -0.828. The first-order valence-electron chi connectivity index (χ1n) is 7.95. The van der Waals surface area contributed by atoms with Crippen LogP contribution in [0.3, 0.4) is 0 Å². The summed E-state index contributed by atoms with van der Waals surface area (Å²) in [6.45, 7) is 2.27. The number of hydrogen-bond donors (Lipinski definition) is 0. The van der Waals surface area contributed by atoms with Crippen LogP contribution in [-0.2, 0) is 16.1 Å². The number of aromatic nitrogens is 1. The SMILES string of the molecule is CCOC(=O)c1cnc2cc(C(=O)OCc3ccccc3)ccc2c1. The van der Waals surface area contributed by atoms with Gasteiger partial charge < -0.3 is 9.47 Å². The average Bonchev–Trinajstić information content (AvgIpc) is 2.66. The summed E-state index contributed by atoms with van der Waals surface area (Å²) in [6.07, 6.45) is 1.44. The minimum absolute atomic E-state index is 0.215. The Balaban J connectivity index is 1.75. The molecule has 126 valence electrons. The zero-order valence-electron chi connectivity index (χ0n) is 13.8. The highest BCUT2D eigenvalue weighted by Gasteiger charge is 2.11. The molecule has 2 aromatic carbocycles. The van der Waals surface area contributed by atoms with Crippen LogP contribution in [0.4, 0.5) is 0 Å². The topological polar surface area (TPSA) is 65.5 Å². The van der Waals surface area contributed by atoms with Crippen molar-refractivity contribution in [1.82, 2.24) is 4.98 Å². The van der Waals surface area contributed by atoms with Crippen molar-refractivity contribution >= 4 is 22.8 Å². The third-order valence-electron chi connectivity index (χ3n) is 3.64. The maximum atomic E-state index is 12.2.